The summed E-state index contributed by atoms with van der Waals surface area (Å²) >= 11 is 5.29. The molecule has 0 aromatic carbocycles. The molecule has 1 aliphatic carbocycles. The maximum Gasteiger partial charge on any atom is 0.230 e. The minimum atomic E-state index is -0.295. The highest BCUT2D eigenvalue weighted by Gasteiger charge is 2.48. The lowest BCUT2D eigenvalue weighted by Gasteiger charge is -2.05. The number of hydrogen-bond acceptors (Lipinski definition) is 2. The molecule has 0 heterocycles. The summed E-state index contributed by atoms with van der Waals surface area (Å²) in [4.78, 5) is 10.6. The number of methoxy groups -OCH3 is 1. The number of carbonyl (C=O) groups excluding carboxylic acids is 1. The molecule has 0 amide bonds. The van der Waals surface area contributed by atoms with Crippen molar-refractivity contribution in [2.75, 3.05) is 13.7 Å². The Kier molecular flexibility index (Phi) is 1.78. The molecule has 1 fully saturated rings. The Morgan fingerprint density at radius 1 is 1.78 bits per heavy atom. The molecule has 0 bridgehead atoms. The van der Waals surface area contributed by atoms with Gasteiger partial charge in [-0.15, -0.1) is 0 Å². The van der Waals surface area contributed by atoms with Crippen LogP contribution in [0.3, 0.4) is 0 Å². The van der Waals surface area contributed by atoms with Crippen molar-refractivity contribution in [3.63, 3.8) is 0 Å². The van der Waals surface area contributed by atoms with Crippen LogP contribution in [0.2, 0.25) is 0 Å². The topological polar surface area (TPSA) is 26.3 Å². The third-order valence-corrected chi connectivity index (χ3v) is 2.09. The van der Waals surface area contributed by atoms with Gasteiger partial charge in [-0.25, -0.2) is 0 Å². The summed E-state index contributed by atoms with van der Waals surface area (Å²) in [6.07, 6.45) is 1.78. The fourth-order valence-electron chi connectivity index (χ4n) is 0.825. The van der Waals surface area contributed by atoms with Gasteiger partial charge in [0.15, 0.2) is 0 Å². The monoisotopic (exact) mass is 148 g/mol. The second-order valence-electron chi connectivity index (χ2n) is 2.49. The normalized spacial score (nSPS) is 21.6. The largest absolute Gasteiger partial charge is 0.384 e. The van der Waals surface area contributed by atoms with Crippen molar-refractivity contribution in [1.82, 2.24) is 0 Å². The third-order valence-electron chi connectivity index (χ3n) is 1.69. The minimum absolute atomic E-state index is 0.246. The average molecular weight is 149 g/mol. The van der Waals surface area contributed by atoms with Crippen LogP contribution < -0.4 is 0 Å². The SMILES string of the molecule is COCC1(C(=O)Cl)CC1. The fraction of sp³-hybridized carbons (Fsp3) is 0.833. The second kappa shape index (κ2) is 2.27. The van der Waals surface area contributed by atoms with Crippen LogP contribution in [0.1, 0.15) is 12.8 Å². The molecular weight excluding hydrogens is 140 g/mol. The molecular formula is C6H9ClO2. The van der Waals surface area contributed by atoms with E-state index < -0.39 is 0 Å². The molecule has 52 valence electrons. The van der Waals surface area contributed by atoms with Crippen LogP contribution in [0, 0.1) is 5.41 Å². The zero-order valence-electron chi connectivity index (χ0n) is 5.32. The molecule has 1 saturated carbocycles. The summed E-state index contributed by atoms with van der Waals surface area (Å²) in [6.45, 7) is 0.481. The summed E-state index contributed by atoms with van der Waals surface area (Å²) in [6, 6.07) is 0. The van der Waals surface area contributed by atoms with E-state index in [-0.39, 0.29) is 10.7 Å². The molecule has 0 aromatic heterocycles. The van der Waals surface area contributed by atoms with Crippen LogP contribution in [0.4, 0.5) is 0 Å². The Balaban J connectivity index is 2.43. The van der Waals surface area contributed by atoms with Gasteiger partial charge in [-0.1, -0.05) is 0 Å². The average Bonchev–Trinajstić information content (AvgIpc) is 2.49. The van der Waals surface area contributed by atoms with E-state index in [1.807, 2.05) is 0 Å². The van der Waals surface area contributed by atoms with Crippen LogP contribution in [0.25, 0.3) is 0 Å². The molecule has 0 atom stereocenters. The predicted octanol–water partition coefficient (Wildman–Crippen LogP) is 1.18. The quantitative estimate of drug-likeness (QED) is 0.562. The van der Waals surface area contributed by atoms with Gasteiger partial charge in [0, 0.05) is 7.11 Å². The van der Waals surface area contributed by atoms with Crippen LogP contribution in [-0.4, -0.2) is 19.0 Å². The van der Waals surface area contributed by atoms with Crippen molar-refractivity contribution in [3.8, 4) is 0 Å². The second-order valence-corrected chi connectivity index (χ2v) is 2.83. The van der Waals surface area contributed by atoms with Crippen LogP contribution in [-0.2, 0) is 9.53 Å². The molecule has 1 rings (SSSR count). The molecule has 3 heteroatoms. The molecule has 9 heavy (non-hydrogen) atoms. The lowest BCUT2D eigenvalue weighted by atomic mass is 10.1. The highest BCUT2D eigenvalue weighted by Crippen LogP contribution is 2.47. The first-order valence-electron chi connectivity index (χ1n) is 2.90. The van der Waals surface area contributed by atoms with Crippen molar-refractivity contribution in [3.05, 3.63) is 0 Å². The third kappa shape index (κ3) is 1.25. The summed E-state index contributed by atoms with van der Waals surface area (Å²) in [5, 5.41) is -0.246. The predicted molar refractivity (Wildman–Crippen MR) is 34.4 cm³/mol. The Labute approximate surface area is 59.1 Å². The summed E-state index contributed by atoms with van der Waals surface area (Å²) in [5.74, 6) is 0. The van der Waals surface area contributed by atoms with Crippen LogP contribution in [0.5, 0.6) is 0 Å². The van der Waals surface area contributed by atoms with Crippen molar-refractivity contribution in [2.45, 2.75) is 12.8 Å². The van der Waals surface area contributed by atoms with E-state index in [4.69, 9.17) is 16.3 Å². The van der Waals surface area contributed by atoms with E-state index in [0.717, 1.165) is 12.8 Å². The van der Waals surface area contributed by atoms with Gasteiger partial charge in [0.25, 0.3) is 0 Å². The van der Waals surface area contributed by atoms with Gasteiger partial charge in [-0.3, -0.25) is 4.79 Å². The van der Waals surface area contributed by atoms with Gasteiger partial charge in [-0.2, -0.15) is 0 Å². The Morgan fingerprint density at radius 2 is 2.33 bits per heavy atom. The van der Waals surface area contributed by atoms with Gasteiger partial charge in [0.2, 0.25) is 5.24 Å². The van der Waals surface area contributed by atoms with Gasteiger partial charge in [0.05, 0.1) is 12.0 Å². The molecule has 0 aromatic rings. The van der Waals surface area contributed by atoms with Crippen molar-refractivity contribution >= 4 is 16.8 Å². The molecule has 0 unspecified atom stereocenters. The first kappa shape index (κ1) is 7.03. The highest BCUT2D eigenvalue weighted by molar-refractivity contribution is 6.65. The zero-order valence-corrected chi connectivity index (χ0v) is 6.07. The van der Waals surface area contributed by atoms with E-state index in [2.05, 4.69) is 0 Å². The highest BCUT2D eigenvalue weighted by atomic mass is 35.5. The van der Waals surface area contributed by atoms with E-state index in [9.17, 15) is 4.79 Å². The number of carbonyl (C=O) groups is 1. The Hall–Kier alpha value is -0.0800. The maximum absolute atomic E-state index is 10.6. The van der Waals surface area contributed by atoms with Gasteiger partial charge >= 0.3 is 0 Å². The Bertz CT molecular complexity index is 129. The van der Waals surface area contributed by atoms with E-state index in [1.54, 1.807) is 7.11 Å². The molecule has 2 nitrogen and oxygen atoms in total. The van der Waals surface area contributed by atoms with Gasteiger partial charge < -0.3 is 4.74 Å². The zero-order chi connectivity index (χ0) is 6.91. The van der Waals surface area contributed by atoms with Crippen LogP contribution in [0.15, 0.2) is 0 Å². The summed E-state index contributed by atoms with van der Waals surface area (Å²) in [7, 11) is 1.58. The van der Waals surface area contributed by atoms with Gasteiger partial charge in [0.1, 0.15) is 0 Å². The molecule has 1 aliphatic rings. The van der Waals surface area contributed by atoms with E-state index in [0.29, 0.717) is 6.61 Å². The van der Waals surface area contributed by atoms with Crippen molar-refractivity contribution in [2.24, 2.45) is 5.41 Å². The smallest absolute Gasteiger partial charge is 0.230 e. The summed E-state index contributed by atoms with van der Waals surface area (Å²) < 4.78 is 4.83. The molecule has 0 spiro atoms. The van der Waals surface area contributed by atoms with E-state index >= 15 is 0 Å². The summed E-state index contributed by atoms with van der Waals surface area (Å²) in [5.41, 5.74) is -0.295. The van der Waals surface area contributed by atoms with Crippen molar-refractivity contribution in [1.29, 1.82) is 0 Å². The molecule has 0 saturated heterocycles. The van der Waals surface area contributed by atoms with Gasteiger partial charge in [-0.05, 0) is 24.4 Å². The van der Waals surface area contributed by atoms with Crippen LogP contribution >= 0.6 is 11.6 Å². The molecule has 0 N–H and O–H groups in total. The number of halogens is 1. The minimum Gasteiger partial charge on any atom is -0.384 e. The maximum atomic E-state index is 10.6. The Morgan fingerprint density at radius 3 is 2.44 bits per heavy atom. The lowest BCUT2D eigenvalue weighted by molar-refractivity contribution is -0.118. The first-order valence-corrected chi connectivity index (χ1v) is 3.28. The molecule has 0 radical (unpaired) electrons. The lowest BCUT2D eigenvalue weighted by Crippen LogP contribution is -2.15. The number of hydrogen-bond donors (Lipinski definition) is 0. The standard InChI is InChI=1S/C6H9ClO2/c1-9-4-6(2-3-6)5(7)8/h2-4H2,1H3. The number of rotatable bonds is 3. The number of ether oxygens (including phenoxy) is 1. The van der Waals surface area contributed by atoms with Crippen molar-refractivity contribution < 1.29 is 9.53 Å². The molecule has 0 aliphatic heterocycles. The van der Waals surface area contributed by atoms with E-state index in [1.165, 1.54) is 0 Å². The fourth-order valence-corrected chi connectivity index (χ4v) is 1.07. The first-order chi connectivity index (χ1) is 4.21.